The third-order valence-electron chi connectivity index (χ3n) is 4.95. The SMILES string of the molecule is COCCCn1c(=O)c2ccccc2n2c(SCC(=O)c3ccc(OC)cc3)nnc12. The number of nitrogens with zero attached hydrogens (tertiary/aromatic N) is 4. The van der Waals surface area contributed by atoms with Gasteiger partial charge in [0.2, 0.25) is 5.78 Å². The van der Waals surface area contributed by atoms with E-state index in [0.717, 1.165) is 5.52 Å². The third kappa shape index (κ3) is 4.19. The standard InChI is InChI=1S/C22H22N4O4S/c1-29-13-5-12-25-20(28)17-6-3-4-7-18(17)26-21(25)23-24-22(26)31-14-19(27)15-8-10-16(30-2)11-9-15/h3-4,6-11H,5,12-14H2,1-2H3. The molecule has 0 saturated heterocycles. The van der Waals surface area contributed by atoms with E-state index in [1.807, 2.05) is 22.6 Å². The molecule has 0 saturated carbocycles. The minimum atomic E-state index is -0.113. The van der Waals surface area contributed by atoms with Gasteiger partial charge in [0.05, 0.1) is 23.8 Å². The van der Waals surface area contributed by atoms with Crippen LogP contribution in [0, 0.1) is 0 Å². The zero-order valence-electron chi connectivity index (χ0n) is 17.3. The molecule has 0 aliphatic rings. The van der Waals surface area contributed by atoms with Crippen molar-refractivity contribution in [3.8, 4) is 5.75 Å². The zero-order chi connectivity index (χ0) is 21.8. The largest absolute Gasteiger partial charge is 0.497 e. The van der Waals surface area contributed by atoms with Gasteiger partial charge in [-0.2, -0.15) is 0 Å². The van der Waals surface area contributed by atoms with Crippen LogP contribution in [0.5, 0.6) is 5.75 Å². The van der Waals surface area contributed by atoms with E-state index in [0.29, 0.717) is 47.2 Å². The molecule has 2 aromatic heterocycles. The van der Waals surface area contributed by atoms with Crippen LogP contribution < -0.4 is 10.3 Å². The van der Waals surface area contributed by atoms with Crippen LogP contribution in [0.4, 0.5) is 0 Å². The van der Waals surface area contributed by atoms with Crippen molar-refractivity contribution in [2.45, 2.75) is 18.1 Å². The fourth-order valence-corrected chi connectivity index (χ4v) is 4.22. The lowest BCUT2D eigenvalue weighted by Crippen LogP contribution is -2.24. The fraction of sp³-hybridized carbons (Fsp3) is 0.273. The molecule has 2 aromatic carbocycles. The Kier molecular flexibility index (Phi) is 6.34. The summed E-state index contributed by atoms with van der Waals surface area (Å²) in [6, 6.07) is 14.4. The van der Waals surface area contributed by atoms with E-state index < -0.39 is 0 Å². The predicted molar refractivity (Wildman–Crippen MR) is 119 cm³/mol. The molecule has 0 atom stereocenters. The van der Waals surface area contributed by atoms with Crippen LogP contribution in [0.25, 0.3) is 16.7 Å². The quantitative estimate of drug-likeness (QED) is 0.225. The molecule has 4 rings (SSSR count). The first-order chi connectivity index (χ1) is 15.1. The summed E-state index contributed by atoms with van der Waals surface area (Å²) in [6.07, 6.45) is 0.676. The first-order valence-electron chi connectivity index (χ1n) is 9.79. The molecule has 8 nitrogen and oxygen atoms in total. The summed E-state index contributed by atoms with van der Waals surface area (Å²) in [5.41, 5.74) is 1.20. The van der Waals surface area contributed by atoms with Gasteiger partial charge in [-0.25, -0.2) is 0 Å². The van der Waals surface area contributed by atoms with E-state index in [9.17, 15) is 9.59 Å². The van der Waals surface area contributed by atoms with Gasteiger partial charge in [0, 0.05) is 25.8 Å². The van der Waals surface area contributed by atoms with Crippen LogP contribution in [0.15, 0.2) is 58.5 Å². The Morgan fingerprint density at radius 2 is 1.84 bits per heavy atom. The number of para-hydroxylation sites is 1. The molecule has 2 heterocycles. The minimum Gasteiger partial charge on any atom is -0.497 e. The molecule has 0 spiro atoms. The van der Waals surface area contributed by atoms with Gasteiger partial charge in [0.1, 0.15) is 5.75 Å². The van der Waals surface area contributed by atoms with Crippen molar-refractivity contribution in [1.82, 2.24) is 19.2 Å². The number of thioether (sulfide) groups is 1. The molecule has 0 amide bonds. The van der Waals surface area contributed by atoms with Crippen LogP contribution in [0.1, 0.15) is 16.8 Å². The van der Waals surface area contributed by atoms with Crippen LogP contribution in [0.3, 0.4) is 0 Å². The summed E-state index contributed by atoms with van der Waals surface area (Å²) < 4.78 is 13.7. The second-order valence-electron chi connectivity index (χ2n) is 6.88. The lowest BCUT2D eigenvalue weighted by molar-refractivity contribution is 0.102. The normalized spacial score (nSPS) is 11.3. The van der Waals surface area contributed by atoms with Gasteiger partial charge in [0.15, 0.2) is 10.9 Å². The Morgan fingerprint density at radius 1 is 1.06 bits per heavy atom. The van der Waals surface area contributed by atoms with E-state index in [1.165, 1.54) is 11.8 Å². The summed E-state index contributed by atoms with van der Waals surface area (Å²) in [4.78, 5) is 25.7. The Morgan fingerprint density at radius 3 is 2.58 bits per heavy atom. The summed E-state index contributed by atoms with van der Waals surface area (Å²) in [5.74, 6) is 1.33. The van der Waals surface area contributed by atoms with Crippen LogP contribution in [-0.2, 0) is 11.3 Å². The number of hydrogen-bond donors (Lipinski definition) is 0. The highest BCUT2D eigenvalue weighted by Crippen LogP contribution is 2.23. The number of rotatable bonds is 9. The van der Waals surface area contributed by atoms with E-state index in [4.69, 9.17) is 9.47 Å². The molecule has 31 heavy (non-hydrogen) atoms. The molecule has 0 aliphatic carbocycles. The Bertz CT molecular complexity index is 1280. The molecule has 0 N–H and O–H groups in total. The summed E-state index contributed by atoms with van der Waals surface area (Å²) >= 11 is 1.30. The minimum absolute atomic E-state index is 0.0258. The van der Waals surface area contributed by atoms with Crippen LogP contribution in [0.2, 0.25) is 0 Å². The van der Waals surface area contributed by atoms with Gasteiger partial charge in [-0.05, 0) is 42.8 Å². The van der Waals surface area contributed by atoms with Gasteiger partial charge in [-0.1, -0.05) is 23.9 Å². The van der Waals surface area contributed by atoms with Crippen molar-refractivity contribution in [1.29, 1.82) is 0 Å². The molecule has 0 aliphatic heterocycles. The fourth-order valence-electron chi connectivity index (χ4n) is 3.39. The number of carbonyl (C=O) groups excluding carboxylic acids is 1. The van der Waals surface area contributed by atoms with Gasteiger partial charge in [0.25, 0.3) is 5.56 Å². The topological polar surface area (TPSA) is 87.7 Å². The van der Waals surface area contributed by atoms with Crippen molar-refractivity contribution < 1.29 is 14.3 Å². The van der Waals surface area contributed by atoms with Crippen molar-refractivity contribution in [3.05, 3.63) is 64.4 Å². The summed E-state index contributed by atoms with van der Waals surface area (Å²) in [6.45, 7) is 1.01. The lowest BCUT2D eigenvalue weighted by atomic mass is 10.1. The molecular weight excluding hydrogens is 416 g/mol. The highest BCUT2D eigenvalue weighted by atomic mass is 32.2. The molecule has 0 fully saturated rings. The molecule has 160 valence electrons. The van der Waals surface area contributed by atoms with E-state index in [1.54, 1.807) is 49.1 Å². The number of methoxy groups -OCH3 is 2. The highest BCUT2D eigenvalue weighted by Gasteiger charge is 2.18. The van der Waals surface area contributed by atoms with Crippen molar-refractivity contribution >= 4 is 34.2 Å². The summed E-state index contributed by atoms with van der Waals surface area (Å²) in [7, 11) is 3.21. The maximum absolute atomic E-state index is 13.0. The van der Waals surface area contributed by atoms with E-state index in [2.05, 4.69) is 10.2 Å². The van der Waals surface area contributed by atoms with Crippen molar-refractivity contribution in [3.63, 3.8) is 0 Å². The highest BCUT2D eigenvalue weighted by molar-refractivity contribution is 7.99. The van der Waals surface area contributed by atoms with Crippen LogP contribution in [-0.4, -0.2) is 51.5 Å². The number of hydrogen-bond acceptors (Lipinski definition) is 7. The Balaban J connectivity index is 1.68. The van der Waals surface area contributed by atoms with E-state index >= 15 is 0 Å². The third-order valence-corrected chi connectivity index (χ3v) is 5.88. The van der Waals surface area contributed by atoms with E-state index in [-0.39, 0.29) is 17.1 Å². The average Bonchev–Trinajstić information content (AvgIpc) is 3.23. The van der Waals surface area contributed by atoms with Gasteiger partial charge >= 0.3 is 0 Å². The number of fused-ring (bicyclic) bond motifs is 3. The number of ketones is 1. The Labute approximate surface area is 182 Å². The molecule has 0 unspecified atom stereocenters. The van der Waals surface area contributed by atoms with Crippen molar-refractivity contribution in [2.24, 2.45) is 0 Å². The number of ether oxygens (including phenoxy) is 2. The zero-order valence-corrected chi connectivity index (χ0v) is 18.1. The monoisotopic (exact) mass is 438 g/mol. The smallest absolute Gasteiger partial charge is 0.262 e. The Hall–Kier alpha value is -3.17. The molecular formula is C22H22N4O4S. The number of Topliss-reactive ketones (excluding diaryl/α,β-unsaturated/α-hetero) is 1. The number of aryl methyl sites for hydroxylation is 1. The maximum Gasteiger partial charge on any atom is 0.262 e. The van der Waals surface area contributed by atoms with Gasteiger partial charge in [-0.15, -0.1) is 10.2 Å². The second-order valence-corrected chi connectivity index (χ2v) is 7.82. The first kappa shape index (κ1) is 21.1. The van der Waals surface area contributed by atoms with Gasteiger partial charge in [-0.3, -0.25) is 18.6 Å². The average molecular weight is 439 g/mol. The molecule has 0 bridgehead atoms. The number of aromatic nitrogens is 4. The van der Waals surface area contributed by atoms with Crippen molar-refractivity contribution in [2.75, 3.05) is 26.6 Å². The summed E-state index contributed by atoms with van der Waals surface area (Å²) in [5, 5.41) is 9.69. The van der Waals surface area contributed by atoms with Crippen LogP contribution >= 0.6 is 11.8 Å². The predicted octanol–water partition coefficient (Wildman–Crippen LogP) is 3.06. The molecule has 9 heteroatoms. The lowest BCUT2D eigenvalue weighted by Gasteiger charge is -2.11. The van der Waals surface area contributed by atoms with Gasteiger partial charge < -0.3 is 9.47 Å². The number of benzene rings is 2. The first-order valence-corrected chi connectivity index (χ1v) is 10.8. The number of carbonyl (C=O) groups is 1. The molecule has 4 aromatic rings. The second kappa shape index (κ2) is 9.32. The maximum atomic E-state index is 13.0. The molecule has 0 radical (unpaired) electrons.